The monoisotopic (exact) mass is 163 g/mol. The number of carbonyl (C=O) groups is 1. The van der Waals surface area contributed by atoms with Crippen molar-refractivity contribution in [3.05, 3.63) is 29.8 Å². The summed E-state index contributed by atoms with van der Waals surface area (Å²) in [6.45, 7) is 0. The Balaban J connectivity index is 3.11. The molecule has 0 unspecified atom stereocenters. The number of hydrogen-bond donors (Lipinski definition) is 3. The number of nitrogens with one attached hydrogen (secondary N) is 1. The zero-order valence-corrected chi connectivity index (χ0v) is 6.37. The van der Waals surface area contributed by atoms with Gasteiger partial charge in [0.2, 0.25) is 0 Å². The van der Waals surface area contributed by atoms with Crippen molar-refractivity contribution in [2.24, 2.45) is 5.73 Å². The lowest BCUT2D eigenvalue weighted by Crippen LogP contribution is -2.23. The van der Waals surface area contributed by atoms with Crippen molar-refractivity contribution in [2.45, 2.75) is 0 Å². The van der Waals surface area contributed by atoms with E-state index in [1.165, 1.54) is 0 Å². The number of para-hydroxylation sites is 1. The molecule has 0 saturated carbocycles. The molecule has 0 heterocycles. The molecule has 4 heteroatoms. The lowest BCUT2D eigenvalue weighted by atomic mass is 10.1. The van der Waals surface area contributed by atoms with Gasteiger partial charge in [-0.05, 0) is 6.07 Å². The predicted octanol–water partition coefficient (Wildman–Crippen LogP) is 0.122. The fourth-order valence-corrected chi connectivity index (χ4v) is 0.857. The maximum absolute atomic E-state index is 10.6. The summed E-state index contributed by atoms with van der Waals surface area (Å²) in [4.78, 5) is 10.6. The first-order valence-electron chi connectivity index (χ1n) is 3.36. The summed E-state index contributed by atoms with van der Waals surface area (Å²) in [6.07, 6.45) is 0. The average molecular weight is 163 g/mol. The zero-order chi connectivity index (χ0) is 9.14. The van der Waals surface area contributed by atoms with Crippen molar-refractivity contribution in [2.75, 3.05) is 5.73 Å². The van der Waals surface area contributed by atoms with Gasteiger partial charge in [-0.15, -0.1) is 0 Å². The third-order valence-corrected chi connectivity index (χ3v) is 1.48. The van der Waals surface area contributed by atoms with Crippen LogP contribution in [0.25, 0.3) is 0 Å². The number of nitrogens with two attached hydrogens (primary N) is 2. The number of amides is 1. The van der Waals surface area contributed by atoms with Gasteiger partial charge in [-0.1, -0.05) is 18.2 Å². The van der Waals surface area contributed by atoms with Gasteiger partial charge in [0.1, 0.15) is 5.71 Å². The van der Waals surface area contributed by atoms with Crippen LogP contribution in [0.4, 0.5) is 5.69 Å². The van der Waals surface area contributed by atoms with E-state index in [1.54, 1.807) is 24.3 Å². The molecule has 0 fully saturated rings. The van der Waals surface area contributed by atoms with Crippen molar-refractivity contribution >= 4 is 17.3 Å². The molecule has 0 radical (unpaired) electrons. The molecule has 62 valence electrons. The van der Waals surface area contributed by atoms with E-state index in [-0.39, 0.29) is 5.71 Å². The SMILES string of the molecule is N=C(C(N)=O)c1ccccc1N. The first-order valence-corrected chi connectivity index (χ1v) is 3.36. The molecule has 4 nitrogen and oxygen atoms in total. The van der Waals surface area contributed by atoms with E-state index in [4.69, 9.17) is 16.9 Å². The summed E-state index contributed by atoms with van der Waals surface area (Å²) < 4.78 is 0. The van der Waals surface area contributed by atoms with Gasteiger partial charge in [0, 0.05) is 11.3 Å². The van der Waals surface area contributed by atoms with Crippen LogP contribution in [0.3, 0.4) is 0 Å². The summed E-state index contributed by atoms with van der Waals surface area (Å²) in [6, 6.07) is 6.63. The largest absolute Gasteiger partial charge is 0.398 e. The number of nitrogen functional groups attached to an aromatic ring is 1. The number of primary amides is 1. The molecular formula is C8H9N3O. The third-order valence-electron chi connectivity index (χ3n) is 1.48. The van der Waals surface area contributed by atoms with Gasteiger partial charge in [0.15, 0.2) is 0 Å². The second kappa shape index (κ2) is 3.04. The Morgan fingerprint density at radius 2 is 1.92 bits per heavy atom. The maximum Gasteiger partial charge on any atom is 0.267 e. The van der Waals surface area contributed by atoms with E-state index < -0.39 is 5.91 Å². The Kier molecular flexibility index (Phi) is 2.09. The molecule has 12 heavy (non-hydrogen) atoms. The summed E-state index contributed by atoms with van der Waals surface area (Å²) in [5.41, 5.74) is 10.9. The number of hydrogen-bond acceptors (Lipinski definition) is 3. The van der Waals surface area contributed by atoms with Crippen molar-refractivity contribution < 1.29 is 4.79 Å². The van der Waals surface area contributed by atoms with Gasteiger partial charge in [-0.25, -0.2) is 0 Å². The highest BCUT2D eigenvalue weighted by Gasteiger charge is 2.09. The first-order chi connectivity index (χ1) is 5.63. The smallest absolute Gasteiger partial charge is 0.267 e. The van der Waals surface area contributed by atoms with Crippen molar-refractivity contribution in [3.63, 3.8) is 0 Å². The maximum atomic E-state index is 10.6. The number of carbonyl (C=O) groups excluding carboxylic acids is 1. The minimum atomic E-state index is -0.770. The average Bonchev–Trinajstić information content (AvgIpc) is 2.04. The van der Waals surface area contributed by atoms with Crippen LogP contribution >= 0.6 is 0 Å². The van der Waals surface area contributed by atoms with Crippen LogP contribution in [0.15, 0.2) is 24.3 Å². The number of benzene rings is 1. The van der Waals surface area contributed by atoms with Crippen LogP contribution in [0.1, 0.15) is 5.56 Å². The molecule has 0 aliphatic rings. The first kappa shape index (κ1) is 8.26. The van der Waals surface area contributed by atoms with Crippen molar-refractivity contribution in [3.8, 4) is 0 Å². The Hall–Kier alpha value is -1.84. The van der Waals surface area contributed by atoms with Gasteiger partial charge in [-0.2, -0.15) is 0 Å². The van der Waals surface area contributed by atoms with E-state index in [0.717, 1.165) is 0 Å². The number of anilines is 1. The topological polar surface area (TPSA) is 93.0 Å². The van der Waals surface area contributed by atoms with E-state index in [0.29, 0.717) is 11.3 Å². The summed E-state index contributed by atoms with van der Waals surface area (Å²) in [7, 11) is 0. The van der Waals surface area contributed by atoms with Crippen LogP contribution in [-0.2, 0) is 4.79 Å². The standard InChI is InChI=1S/C8H9N3O/c9-6-4-2-1-3-5(6)7(10)8(11)12/h1-4,10H,9H2,(H2,11,12). The highest BCUT2D eigenvalue weighted by Crippen LogP contribution is 2.10. The van der Waals surface area contributed by atoms with Crippen LogP contribution in [0, 0.1) is 5.41 Å². The second-order valence-electron chi connectivity index (χ2n) is 2.33. The summed E-state index contributed by atoms with van der Waals surface area (Å²) >= 11 is 0. The predicted molar refractivity (Wildman–Crippen MR) is 46.9 cm³/mol. The zero-order valence-electron chi connectivity index (χ0n) is 6.37. The molecule has 0 aliphatic carbocycles. The van der Waals surface area contributed by atoms with Gasteiger partial charge < -0.3 is 11.5 Å². The van der Waals surface area contributed by atoms with E-state index in [9.17, 15) is 4.79 Å². The molecule has 0 aliphatic heterocycles. The highest BCUT2D eigenvalue weighted by atomic mass is 16.1. The molecule has 0 saturated heterocycles. The number of rotatable bonds is 2. The lowest BCUT2D eigenvalue weighted by molar-refractivity contribution is -0.112. The minimum Gasteiger partial charge on any atom is -0.398 e. The van der Waals surface area contributed by atoms with Gasteiger partial charge in [0.25, 0.3) is 5.91 Å². The third kappa shape index (κ3) is 1.42. The molecule has 1 rings (SSSR count). The van der Waals surface area contributed by atoms with Gasteiger partial charge >= 0.3 is 0 Å². The molecular weight excluding hydrogens is 154 g/mol. The molecule has 1 amide bonds. The van der Waals surface area contributed by atoms with Crippen molar-refractivity contribution in [1.82, 2.24) is 0 Å². The van der Waals surface area contributed by atoms with E-state index in [2.05, 4.69) is 0 Å². The van der Waals surface area contributed by atoms with Crippen LogP contribution < -0.4 is 11.5 Å². The molecule has 0 bridgehead atoms. The molecule has 0 aromatic heterocycles. The molecule has 5 N–H and O–H groups in total. The van der Waals surface area contributed by atoms with Crippen LogP contribution in [0.5, 0.6) is 0 Å². The Morgan fingerprint density at radius 3 is 2.42 bits per heavy atom. The van der Waals surface area contributed by atoms with Crippen molar-refractivity contribution in [1.29, 1.82) is 5.41 Å². The normalized spacial score (nSPS) is 9.33. The molecule has 0 atom stereocenters. The molecule has 1 aromatic rings. The van der Waals surface area contributed by atoms with Gasteiger partial charge in [0.05, 0.1) is 0 Å². The summed E-state index contributed by atoms with van der Waals surface area (Å²) in [5, 5.41) is 7.27. The Labute approximate surface area is 69.7 Å². The fourth-order valence-electron chi connectivity index (χ4n) is 0.857. The fraction of sp³-hybridized carbons (Fsp3) is 0. The Bertz CT molecular complexity index is 333. The highest BCUT2D eigenvalue weighted by molar-refractivity contribution is 6.44. The quantitative estimate of drug-likeness (QED) is 0.426. The lowest BCUT2D eigenvalue weighted by Gasteiger charge is -2.02. The minimum absolute atomic E-state index is 0.256. The summed E-state index contributed by atoms with van der Waals surface area (Å²) in [5.74, 6) is -0.770. The van der Waals surface area contributed by atoms with E-state index >= 15 is 0 Å². The molecule has 0 spiro atoms. The van der Waals surface area contributed by atoms with Gasteiger partial charge in [-0.3, -0.25) is 10.2 Å². The second-order valence-corrected chi connectivity index (χ2v) is 2.33. The van der Waals surface area contributed by atoms with E-state index in [1.807, 2.05) is 0 Å². The van der Waals surface area contributed by atoms with Crippen LogP contribution in [-0.4, -0.2) is 11.6 Å². The van der Waals surface area contributed by atoms with Crippen LogP contribution in [0.2, 0.25) is 0 Å². The Morgan fingerprint density at radius 1 is 1.33 bits per heavy atom. The molecule has 1 aromatic carbocycles.